The van der Waals surface area contributed by atoms with Crippen LogP contribution in [0.2, 0.25) is 0 Å². The Balaban J connectivity index is 0.000000111. The number of aliphatic hydroxyl groups is 1. The van der Waals surface area contributed by atoms with E-state index in [1.807, 2.05) is 85.8 Å². The quantitative estimate of drug-likeness (QED) is 0.0944. The van der Waals surface area contributed by atoms with Gasteiger partial charge in [-0.05, 0) is 96.9 Å². The normalized spacial score (nSPS) is 11.2. The number of ether oxygens (including phenoxy) is 3. The highest BCUT2D eigenvalue weighted by molar-refractivity contribution is 9.10. The minimum atomic E-state index is -0.186. The van der Waals surface area contributed by atoms with Gasteiger partial charge in [0.25, 0.3) is 22.2 Å². The number of H-pyrrole nitrogens is 4. The first-order valence-corrected chi connectivity index (χ1v) is 29.3. The van der Waals surface area contributed by atoms with Gasteiger partial charge >= 0.3 is 0 Å². The Hall–Kier alpha value is -11.5. The molecule has 4 aromatic carbocycles. The summed E-state index contributed by atoms with van der Waals surface area (Å²) >= 11 is 6.86. The van der Waals surface area contributed by atoms with Crippen LogP contribution in [-0.4, -0.2) is 105 Å². The molecule has 0 unspecified atom stereocenters. The molecule has 16 rings (SSSR count). The summed E-state index contributed by atoms with van der Waals surface area (Å²) < 4.78 is 23.0. The summed E-state index contributed by atoms with van der Waals surface area (Å²) in [5.41, 5.74) is 9.42. The van der Waals surface area contributed by atoms with Crippen LogP contribution in [0, 0.1) is 6.92 Å². The summed E-state index contributed by atoms with van der Waals surface area (Å²) in [5, 5.41) is 27.5. The maximum atomic E-state index is 12.7. The molecule has 0 atom stereocenters. The third kappa shape index (κ3) is 11.2. The van der Waals surface area contributed by atoms with E-state index in [-0.39, 0.29) is 28.8 Å². The van der Waals surface area contributed by atoms with Crippen LogP contribution in [-0.2, 0) is 6.61 Å². The smallest absolute Gasteiger partial charge is 0.282 e. The van der Waals surface area contributed by atoms with Gasteiger partial charge in [0.1, 0.15) is 0 Å². The van der Waals surface area contributed by atoms with Crippen molar-refractivity contribution in [1.82, 2.24) is 79.0 Å². The molecular formula is C65H48Br2N16O8. The summed E-state index contributed by atoms with van der Waals surface area (Å²) in [6.07, 6.45) is 12.8. The van der Waals surface area contributed by atoms with Crippen molar-refractivity contribution in [1.29, 1.82) is 0 Å². The Labute approximate surface area is 528 Å². The first kappa shape index (κ1) is 58.5. The van der Waals surface area contributed by atoms with Crippen molar-refractivity contribution in [2.45, 2.75) is 13.5 Å². The fourth-order valence-electron chi connectivity index (χ4n) is 10.4. The van der Waals surface area contributed by atoms with E-state index in [1.54, 1.807) is 112 Å². The summed E-state index contributed by atoms with van der Waals surface area (Å²) in [7, 11) is 4.63. The van der Waals surface area contributed by atoms with Gasteiger partial charge in [-0.3, -0.25) is 59.5 Å². The zero-order valence-corrected chi connectivity index (χ0v) is 51.5. The van der Waals surface area contributed by atoms with Gasteiger partial charge in [-0.1, -0.05) is 62.2 Å². The number of aryl methyl sites for hydroxylation is 1. The summed E-state index contributed by atoms with van der Waals surface area (Å²) in [6, 6.07) is 38.8. The average Bonchev–Trinajstić information content (AvgIpc) is 1.77. The first-order valence-electron chi connectivity index (χ1n) is 27.7. The minimum absolute atomic E-state index is 0.0406. The van der Waals surface area contributed by atoms with Crippen molar-refractivity contribution in [2.24, 2.45) is 0 Å². The molecule has 0 spiro atoms. The highest BCUT2D eigenvalue weighted by Crippen LogP contribution is 2.28. The predicted molar refractivity (Wildman–Crippen MR) is 354 cm³/mol. The number of fused-ring (bicyclic) bond motifs is 12. The first-order chi connectivity index (χ1) is 44.3. The molecule has 0 radical (unpaired) electrons. The molecule has 91 heavy (non-hydrogen) atoms. The van der Waals surface area contributed by atoms with Crippen LogP contribution >= 0.6 is 31.9 Å². The third-order valence-corrected chi connectivity index (χ3v) is 15.9. The number of nitrogens with one attached hydrogen (secondary N) is 4. The number of aromatic amines is 4. The lowest BCUT2D eigenvalue weighted by molar-refractivity contribution is 0.282. The number of aliphatic hydroxyl groups excluding tert-OH is 1. The molecule has 0 bridgehead atoms. The summed E-state index contributed by atoms with van der Waals surface area (Å²) in [4.78, 5) is 84.4. The van der Waals surface area contributed by atoms with Crippen LogP contribution in [0.1, 0.15) is 11.1 Å². The largest absolute Gasteiger partial charge is 0.481 e. The van der Waals surface area contributed by atoms with E-state index in [4.69, 9.17) is 14.2 Å². The molecule has 0 aliphatic rings. The Morgan fingerprint density at radius 3 is 1.29 bits per heavy atom. The Bertz CT molecular complexity index is 5540. The fourth-order valence-corrected chi connectivity index (χ4v) is 11.1. The monoisotopic (exact) mass is 1340 g/mol. The van der Waals surface area contributed by atoms with E-state index >= 15 is 0 Å². The molecule has 12 heterocycles. The molecule has 0 aliphatic carbocycles. The van der Waals surface area contributed by atoms with Crippen molar-refractivity contribution < 1.29 is 19.3 Å². The van der Waals surface area contributed by atoms with Crippen molar-refractivity contribution in [3.05, 3.63) is 238 Å². The van der Waals surface area contributed by atoms with E-state index in [9.17, 15) is 24.3 Å². The minimum Gasteiger partial charge on any atom is -0.481 e. The lowest BCUT2D eigenvalue weighted by Gasteiger charge is -2.03. The molecule has 5 N–H and O–H groups in total. The molecule has 16 aromatic rings. The SMILES string of the molecule is COc1cc(-n2[nH]c3c(cnc4cc(Br)ccc43)c2=O)ccn1.COc1cc(-n2[nH]c3c(cnc4cc(C)ccc43)c2=O)ccn1.COc1ccc(-n2[nH]c3c(cnc4cc(Br)ccc43)c2=O)cn1.O=c1c2cnc3cc(CO)ccc3c2[nH]n1-c1ccccn1. The molecule has 26 heteroatoms. The Morgan fingerprint density at radius 2 is 0.835 bits per heavy atom. The number of aromatic nitrogens is 16. The van der Waals surface area contributed by atoms with Gasteiger partial charge in [-0.25, -0.2) is 38.7 Å². The lowest BCUT2D eigenvalue weighted by Crippen LogP contribution is -2.15. The number of pyridine rings is 8. The van der Waals surface area contributed by atoms with E-state index in [0.29, 0.717) is 67.6 Å². The van der Waals surface area contributed by atoms with E-state index in [0.717, 1.165) is 80.2 Å². The molecule has 0 saturated carbocycles. The predicted octanol–water partition coefficient (Wildman–Crippen LogP) is 10.4. The van der Waals surface area contributed by atoms with Crippen LogP contribution in [0.4, 0.5) is 0 Å². The van der Waals surface area contributed by atoms with Crippen molar-refractivity contribution in [3.8, 4) is 40.5 Å². The zero-order chi connectivity index (χ0) is 63.0. The van der Waals surface area contributed by atoms with Gasteiger partial charge in [0.05, 0.1) is 117 Å². The van der Waals surface area contributed by atoms with E-state index in [2.05, 4.69) is 92.1 Å². The molecule has 0 aliphatic heterocycles. The molecule has 0 fully saturated rings. The second-order valence-electron chi connectivity index (χ2n) is 20.4. The van der Waals surface area contributed by atoms with Crippen LogP contribution in [0.5, 0.6) is 17.6 Å². The second kappa shape index (κ2) is 24.6. The fraction of sp³-hybridized carbons (Fsp3) is 0.0769. The van der Waals surface area contributed by atoms with Gasteiger partial charge in [-0.2, -0.15) is 0 Å². The standard InChI is InChI=1S/C17H14N4O2.2C16H11BrN4O2.C16H12N4O2/c1-10-3-4-12-14(7-10)19-9-13-16(12)20-21(17(13)22)11-5-6-18-15(8-11)23-2;1-23-14-5-3-10(7-19-14)21-16(22)12-8-18-13-6-9(17)2-4-11(13)15(12)20-21;1-23-14-7-10(4-5-18-14)21-16(22)12-8-19-13-6-9(17)2-3-11(13)15(12)20-21;21-9-10-4-5-11-13(7-10)18-8-12-15(11)19-20(16(12)22)14-3-1-2-6-17-14/h3-9,20H,1-2H3;2*2-8,20H,1H3;1-8,19,21H,9H2. The maximum Gasteiger partial charge on any atom is 0.282 e. The number of hydrogen-bond donors (Lipinski definition) is 5. The highest BCUT2D eigenvalue weighted by Gasteiger charge is 2.18. The molecule has 0 amide bonds. The summed E-state index contributed by atoms with van der Waals surface area (Å²) in [5.74, 6) is 1.92. The van der Waals surface area contributed by atoms with Crippen molar-refractivity contribution in [3.63, 3.8) is 0 Å². The third-order valence-electron chi connectivity index (χ3n) is 14.9. The molecule has 450 valence electrons. The average molecular weight is 1340 g/mol. The van der Waals surface area contributed by atoms with Crippen molar-refractivity contribution in [2.75, 3.05) is 21.3 Å². The highest BCUT2D eigenvalue weighted by atomic mass is 79.9. The van der Waals surface area contributed by atoms with E-state index < -0.39 is 0 Å². The van der Waals surface area contributed by atoms with Gasteiger partial charge in [0, 0.05) is 92.1 Å². The number of halogens is 2. The zero-order valence-electron chi connectivity index (χ0n) is 48.4. The molecule has 24 nitrogen and oxygen atoms in total. The number of hydrogen-bond acceptors (Lipinski definition) is 16. The van der Waals surface area contributed by atoms with Gasteiger partial charge < -0.3 is 19.3 Å². The number of nitrogens with zero attached hydrogens (tertiary/aromatic N) is 12. The number of rotatable bonds is 8. The molecule has 12 aromatic heterocycles. The summed E-state index contributed by atoms with van der Waals surface area (Å²) in [6.45, 7) is 1.98. The Kier molecular flexibility index (Phi) is 15.8. The van der Waals surface area contributed by atoms with Gasteiger partial charge in [-0.15, -0.1) is 0 Å². The van der Waals surface area contributed by atoms with Crippen molar-refractivity contribution >= 4 is 119 Å². The van der Waals surface area contributed by atoms with E-state index in [1.165, 1.54) is 25.8 Å². The molecule has 0 saturated heterocycles. The van der Waals surface area contributed by atoms with Crippen LogP contribution in [0.15, 0.2) is 205 Å². The number of methoxy groups -OCH3 is 3. The van der Waals surface area contributed by atoms with Crippen LogP contribution in [0.3, 0.4) is 0 Å². The van der Waals surface area contributed by atoms with Gasteiger partial charge in [0.2, 0.25) is 17.6 Å². The molecular weight excluding hydrogens is 1290 g/mol. The number of benzene rings is 4. The second-order valence-corrected chi connectivity index (χ2v) is 22.2. The van der Waals surface area contributed by atoms with Crippen LogP contribution in [0.25, 0.3) is 110 Å². The van der Waals surface area contributed by atoms with Crippen LogP contribution < -0.4 is 36.4 Å². The lowest BCUT2D eigenvalue weighted by atomic mass is 10.1. The topological polar surface area (TPSA) is 302 Å². The maximum absolute atomic E-state index is 12.7. The Morgan fingerprint density at radius 1 is 0.396 bits per heavy atom. The van der Waals surface area contributed by atoms with Gasteiger partial charge in [0.15, 0.2) is 5.82 Å².